The van der Waals surface area contributed by atoms with Gasteiger partial charge in [-0.15, -0.1) is 0 Å². The highest BCUT2D eigenvalue weighted by atomic mass is 79.9. The third-order valence-electron chi connectivity index (χ3n) is 10.2. The second-order valence-electron chi connectivity index (χ2n) is 19.2. The molecule has 354 valence electrons. The summed E-state index contributed by atoms with van der Waals surface area (Å²) in [6.45, 7) is 31.0. The van der Waals surface area contributed by atoms with Gasteiger partial charge in [-0.3, -0.25) is 20.2 Å². The highest BCUT2D eigenvalue weighted by Crippen LogP contribution is 2.40. The molecule has 3 heterocycles. The van der Waals surface area contributed by atoms with Crippen LogP contribution in [0.25, 0.3) is 5.57 Å². The summed E-state index contributed by atoms with van der Waals surface area (Å²) in [5.41, 5.74) is 2.46. The van der Waals surface area contributed by atoms with Gasteiger partial charge in [-0.2, -0.15) is 0 Å². The van der Waals surface area contributed by atoms with Crippen LogP contribution in [0.2, 0.25) is 0 Å². The number of rotatable bonds is 8. The van der Waals surface area contributed by atoms with Crippen molar-refractivity contribution in [2.75, 3.05) is 26.2 Å². The van der Waals surface area contributed by atoms with Gasteiger partial charge in [0.25, 0.3) is 0 Å². The topological polar surface area (TPSA) is 182 Å². The number of hydrogen-bond donors (Lipinski definition) is 0. The Bertz CT molecular complexity index is 2170. The number of nitro groups is 2. The summed E-state index contributed by atoms with van der Waals surface area (Å²) in [7, 11) is -0.314. The van der Waals surface area contributed by atoms with Crippen molar-refractivity contribution >= 4 is 52.2 Å². The van der Waals surface area contributed by atoms with Crippen LogP contribution >= 0.6 is 15.9 Å². The van der Waals surface area contributed by atoms with Crippen molar-refractivity contribution in [3.8, 4) is 11.5 Å². The lowest BCUT2D eigenvalue weighted by Crippen LogP contribution is -2.41. The van der Waals surface area contributed by atoms with Crippen LogP contribution in [0.5, 0.6) is 11.5 Å². The summed E-state index contributed by atoms with van der Waals surface area (Å²) >= 11 is 3.27. The van der Waals surface area contributed by atoms with Gasteiger partial charge in [-0.05, 0) is 157 Å². The van der Waals surface area contributed by atoms with Crippen LogP contribution in [0.15, 0.2) is 46.4 Å². The van der Waals surface area contributed by atoms with Crippen LogP contribution in [0.4, 0.5) is 21.0 Å². The van der Waals surface area contributed by atoms with Crippen molar-refractivity contribution in [3.05, 3.63) is 83.3 Å². The summed E-state index contributed by atoms with van der Waals surface area (Å²) in [4.78, 5) is 48.8. The number of benzene rings is 2. The fourth-order valence-electron chi connectivity index (χ4n) is 6.35. The SMILES string of the molecule is CC(C)(C)OC(=O)N1CC=C(B2OC(C)(C)C(C)(C)O2)CC1.[2H]C(C)(C)Oc1cc(Br)c(C)cc1[N+](=O)[O-].[2H]C(C)(C)Oc1cc(C2=CCN(C(=O)OC(C)(C)C)CC2)c(C)cc1[N+](=O)[O-]. The maximum absolute atomic E-state index is 12.2. The number of hydrogen-bond acceptors (Lipinski definition) is 12. The van der Waals surface area contributed by atoms with Crippen molar-refractivity contribution in [3.63, 3.8) is 0 Å². The van der Waals surface area contributed by atoms with Gasteiger partial charge in [0.2, 0.25) is 0 Å². The molecule has 1 fully saturated rings. The highest BCUT2D eigenvalue weighted by molar-refractivity contribution is 9.10. The van der Waals surface area contributed by atoms with Gasteiger partial charge in [0.15, 0.2) is 11.5 Å². The molecule has 1 saturated heterocycles. The molecule has 0 aliphatic carbocycles. The Morgan fingerprint density at radius 1 is 0.750 bits per heavy atom. The molecule has 0 N–H and O–H groups in total. The molecule has 16 nitrogen and oxygen atoms in total. The zero-order valence-corrected chi connectivity index (χ0v) is 41.9. The molecule has 0 unspecified atom stereocenters. The monoisotopic (exact) mass is 960 g/mol. The van der Waals surface area contributed by atoms with E-state index in [9.17, 15) is 29.8 Å². The Labute approximate surface area is 390 Å². The van der Waals surface area contributed by atoms with Crippen LogP contribution in [-0.4, -0.2) is 99.7 Å². The lowest BCUT2D eigenvalue weighted by atomic mass is 9.75. The Hall–Kier alpha value is -4.68. The van der Waals surface area contributed by atoms with E-state index in [0.29, 0.717) is 32.6 Å². The molecule has 0 saturated carbocycles. The molecule has 0 bridgehead atoms. The average Bonchev–Trinajstić information content (AvgIpc) is 3.37. The van der Waals surface area contributed by atoms with Crippen LogP contribution in [0.1, 0.15) is 129 Å². The quantitative estimate of drug-likeness (QED) is 0.139. The van der Waals surface area contributed by atoms with E-state index in [-0.39, 0.29) is 53.4 Å². The van der Waals surface area contributed by atoms with Crippen molar-refractivity contribution < 1.29 is 50.4 Å². The van der Waals surface area contributed by atoms with Crippen LogP contribution < -0.4 is 9.47 Å². The number of carbonyl (C=O) groups is 2. The van der Waals surface area contributed by atoms with E-state index in [1.807, 2.05) is 81.4 Å². The molecule has 0 aromatic heterocycles. The normalized spacial score (nSPS) is 17.8. The second kappa shape index (κ2) is 21.5. The van der Waals surface area contributed by atoms with Crippen LogP contribution in [0, 0.1) is 34.1 Å². The molecule has 5 rings (SSSR count). The number of aryl methyl sites for hydroxylation is 2. The number of nitro benzene ring substituents is 2. The van der Waals surface area contributed by atoms with E-state index in [1.54, 1.807) is 29.7 Å². The molecule has 3 aliphatic rings. The van der Waals surface area contributed by atoms with Gasteiger partial charge in [0.05, 0.1) is 36.0 Å². The summed E-state index contributed by atoms with van der Waals surface area (Å²) < 4.78 is 49.8. The van der Waals surface area contributed by atoms with Gasteiger partial charge < -0.3 is 38.1 Å². The number of carbonyl (C=O) groups excluding carboxylic acids is 2. The molecule has 3 aliphatic heterocycles. The zero-order valence-electron chi connectivity index (χ0n) is 42.3. The minimum atomic E-state index is -1.30. The van der Waals surface area contributed by atoms with E-state index in [1.165, 1.54) is 45.9 Å². The fraction of sp³-hybridized carbons (Fsp3) is 0.609. The molecule has 64 heavy (non-hydrogen) atoms. The van der Waals surface area contributed by atoms with Crippen molar-refractivity contribution in [1.29, 1.82) is 0 Å². The van der Waals surface area contributed by atoms with Crippen LogP contribution in [-0.2, 0) is 18.8 Å². The fourth-order valence-corrected chi connectivity index (χ4v) is 6.67. The molecule has 0 spiro atoms. The number of ether oxygens (including phenoxy) is 4. The molecular weight excluding hydrogens is 891 g/mol. The highest BCUT2D eigenvalue weighted by Gasteiger charge is 2.52. The summed E-state index contributed by atoms with van der Waals surface area (Å²) in [6.07, 6.45) is 2.16. The Morgan fingerprint density at radius 2 is 1.17 bits per heavy atom. The molecular formula is C46H68BBrN4O12. The first-order valence-corrected chi connectivity index (χ1v) is 22.0. The minimum Gasteiger partial charge on any atom is -0.484 e. The molecule has 2 aromatic rings. The standard InChI is InChI=1S/C20H28N2O5.C16H28BNO4.C10H12BrNO3/c1-13(2)26-18-12-16(14(3)11-17(18)22(24)25)15-7-9-21(10-8-15)19(23)27-20(4,5)6;1-14(2,3)20-13(19)18-10-8-12(9-11-18)17-21-15(4,5)16(6,7)22-17;1-6(2)15-10-5-8(11)7(3)4-9(10)12(13)14/h7,11-13H,8-10H2,1-6H3;8H,9-11H2,1-7H3;4-6H,1-3H3/i13D;;6D. The first kappa shape index (κ1) is 50.3. The minimum absolute atomic E-state index is 0.0704. The summed E-state index contributed by atoms with van der Waals surface area (Å²) in [6, 6.07) is 6.03. The molecule has 0 radical (unpaired) electrons. The largest absolute Gasteiger partial charge is 0.490 e. The first-order chi connectivity index (χ1) is 29.9. The molecule has 0 atom stereocenters. The lowest BCUT2D eigenvalue weighted by molar-refractivity contribution is -0.386. The predicted molar refractivity (Wildman–Crippen MR) is 252 cm³/mol. The Kier molecular flexibility index (Phi) is 16.9. The first-order valence-electron chi connectivity index (χ1n) is 22.2. The van der Waals surface area contributed by atoms with Crippen molar-refractivity contribution in [1.82, 2.24) is 9.80 Å². The van der Waals surface area contributed by atoms with E-state index < -0.39 is 33.2 Å². The third kappa shape index (κ3) is 15.5. The van der Waals surface area contributed by atoms with Gasteiger partial charge in [-0.1, -0.05) is 28.1 Å². The smallest absolute Gasteiger partial charge is 0.484 e. The van der Waals surface area contributed by atoms with E-state index >= 15 is 0 Å². The van der Waals surface area contributed by atoms with Crippen molar-refractivity contribution in [2.45, 2.75) is 158 Å². The van der Waals surface area contributed by atoms with Gasteiger partial charge in [-0.25, -0.2) is 9.59 Å². The molecule has 18 heteroatoms. The Balaban J connectivity index is 0.000000273. The van der Waals surface area contributed by atoms with Gasteiger partial charge >= 0.3 is 30.7 Å². The summed E-state index contributed by atoms with van der Waals surface area (Å²) in [5.74, 6) is 0.170. The van der Waals surface area contributed by atoms with Crippen LogP contribution in [0.3, 0.4) is 0 Å². The maximum Gasteiger partial charge on any atom is 0.490 e. The second-order valence-corrected chi connectivity index (χ2v) is 20.0. The van der Waals surface area contributed by atoms with Gasteiger partial charge in [0.1, 0.15) is 11.2 Å². The predicted octanol–water partition coefficient (Wildman–Crippen LogP) is 11.4. The maximum atomic E-state index is 12.2. The number of amides is 2. The number of nitrogens with zero attached hydrogens (tertiary/aromatic N) is 4. The summed E-state index contributed by atoms with van der Waals surface area (Å²) in [5, 5.41) is 22.2. The lowest BCUT2D eigenvalue weighted by Gasteiger charge is -2.32. The third-order valence-corrected chi connectivity index (χ3v) is 11.1. The average molecular weight is 962 g/mol. The van der Waals surface area contributed by atoms with Gasteiger partial charge in [0, 0.05) is 48.9 Å². The Morgan fingerprint density at radius 3 is 1.55 bits per heavy atom. The van der Waals surface area contributed by atoms with Crippen molar-refractivity contribution in [2.24, 2.45) is 0 Å². The van der Waals surface area contributed by atoms with E-state index in [0.717, 1.165) is 38.6 Å². The molecule has 2 aromatic carbocycles. The van der Waals surface area contributed by atoms with E-state index in [2.05, 4.69) is 15.9 Å². The number of halogens is 1. The zero-order chi connectivity index (χ0) is 50.5. The molecule has 2 amide bonds. The van der Waals surface area contributed by atoms with E-state index in [4.69, 9.17) is 31.0 Å².